The van der Waals surface area contributed by atoms with Crippen LogP contribution in [0.3, 0.4) is 0 Å². The van der Waals surface area contributed by atoms with Crippen molar-refractivity contribution in [2.75, 3.05) is 0 Å². The van der Waals surface area contributed by atoms with Gasteiger partial charge in [0.15, 0.2) is 0 Å². The van der Waals surface area contributed by atoms with Gasteiger partial charge in [-0.15, -0.1) is 0 Å². The molecule has 0 aromatic carbocycles. The van der Waals surface area contributed by atoms with E-state index in [1.807, 2.05) is 0 Å². The summed E-state index contributed by atoms with van der Waals surface area (Å²) in [5.74, 6) is 1.55. The van der Waals surface area contributed by atoms with Crippen LogP contribution in [0.2, 0.25) is 0 Å². The molecule has 1 rings (SSSR count). The molecule has 0 aromatic rings. The fourth-order valence-corrected chi connectivity index (χ4v) is 3.44. The highest BCUT2D eigenvalue weighted by molar-refractivity contribution is 4.81. The summed E-state index contributed by atoms with van der Waals surface area (Å²) in [6.45, 7) is 6.79. The van der Waals surface area contributed by atoms with Crippen molar-refractivity contribution in [2.24, 2.45) is 11.8 Å². The van der Waals surface area contributed by atoms with Crippen LogP contribution in [0.1, 0.15) is 78.6 Å². The van der Waals surface area contributed by atoms with Gasteiger partial charge >= 0.3 is 0 Å². The van der Waals surface area contributed by atoms with Gasteiger partial charge in [-0.1, -0.05) is 59.3 Å². The monoisotopic (exact) mass is 255 g/mol. The molecular weight excluding hydrogens is 222 g/mol. The molecule has 2 heteroatoms. The second-order valence-electron chi connectivity index (χ2n) is 6.12. The average molecular weight is 255 g/mol. The van der Waals surface area contributed by atoms with Crippen LogP contribution in [0.15, 0.2) is 0 Å². The smallest absolute Gasteiger partial charge is 0.105 e. The molecule has 108 valence electrons. The van der Waals surface area contributed by atoms with Crippen molar-refractivity contribution in [1.82, 2.24) is 5.32 Å². The second-order valence-corrected chi connectivity index (χ2v) is 6.12. The maximum Gasteiger partial charge on any atom is 0.105 e. The van der Waals surface area contributed by atoms with Gasteiger partial charge in [0.2, 0.25) is 0 Å². The minimum atomic E-state index is -0.308. The lowest BCUT2D eigenvalue weighted by molar-refractivity contribution is 0.0832. The number of hydrogen-bond donors (Lipinski definition) is 2. The fourth-order valence-electron chi connectivity index (χ4n) is 3.44. The first-order chi connectivity index (χ1) is 8.69. The van der Waals surface area contributed by atoms with Crippen molar-refractivity contribution >= 4 is 0 Å². The highest BCUT2D eigenvalue weighted by atomic mass is 16.3. The van der Waals surface area contributed by atoms with E-state index in [2.05, 4.69) is 26.1 Å². The molecular formula is C16H33NO. The summed E-state index contributed by atoms with van der Waals surface area (Å²) in [6, 6.07) is 0.500. The number of hydrogen-bond acceptors (Lipinski definition) is 2. The fraction of sp³-hybridized carbons (Fsp3) is 1.00. The molecule has 2 nitrogen and oxygen atoms in total. The third-order valence-corrected chi connectivity index (χ3v) is 4.60. The van der Waals surface area contributed by atoms with E-state index >= 15 is 0 Å². The molecule has 1 saturated carbocycles. The molecule has 0 aliphatic heterocycles. The molecule has 0 heterocycles. The predicted molar refractivity (Wildman–Crippen MR) is 78.5 cm³/mol. The van der Waals surface area contributed by atoms with Gasteiger partial charge in [-0.2, -0.15) is 0 Å². The van der Waals surface area contributed by atoms with Crippen molar-refractivity contribution in [1.29, 1.82) is 0 Å². The van der Waals surface area contributed by atoms with E-state index in [0.29, 0.717) is 6.04 Å². The highest BCUT2D eigenvalue weighted by Gasteiger charge is 2.27. The average Bonchev–Trinajstić information content (AvgIpc) is 2.33. The van der Waals surface area contributed by atoms with Gasteiger partial charge in [-0.05, 0) is 31.1 Å². The number of aliphatic hydroxyl groups is 1. The number of nitrogens with one attached hydrogen (secondary N) is 1. The highest BCUT2D eigenvalue weighted by Crippen LogP contribution is 2.31. The lowest BCUT2D eigenvalue weighted by atomic mass is 9.77. The van der Waals surface area contributed by atoms with Crippen LogP contribution < -0.4 is 5.32 Å². The molecule has 2 N–H and O–H groups in total. The summed E-state index contributed by atoms with van der Waals surface area (Å²) in [7, 11) is 0. The molecule has 0 bridgehead atoms. The molecule has 4 atom stereocenters. The minimum Gasteiger partial charge on any atom is -0.379 e. The van der Waals surface area contributed by atoms with Crippen molar-refractivity contribution in [3.63, 3.8) is 0 Å². The topological polar surface area (TPSA) is 32.3 Å². The first kappa shape index (κ1) is 16.0. The Labute approximate surface area is 114 Å². The molecule has 0 aromatic heterocycles. The molecule has 1 fully saturated rings. The third kappa shape index (κ3) is 5.27. The van der Waals surface area contributed by atoms with Gasteiger partial charge in [0.1, 0.15) is 6.23 Å². The van der Waals surface area contributed by atoms with Crippen LogP contribution in [-0.4, -0.2) is 17.4 Å². The summed E-state index contributed by atoms with van der Waals surface area (Å²) >= 11 is 0. The van der Waals surface area contributed by atoms with Crippen molar-refractivity contribution in [3.8, 4) is 0 Å². The van der Waals surface area contributed by atoms with Gasteiger partial charge in [-0.3, -0.25) is 5.32 Å². The molecule has 18 heavy (non-hydrogen) atoms. The molecule has 1 aliphatic carbocycles. The Hall–Kier alpha value is -0.0800. The maximum atomic E-state index is 9.98. The molecule has 1 aliphatic rings. The zero-order chi connectivity index (χ0) is 13.4. The lowest BCUT2D eigenvalue weighted by Gasteiger charge is -2.35. The van der Waals surface area contributed by atoms with Crippen molar-refractivity contribution < 1.29 is 5.11 Å². The van der Waals surface area contributed by atoms with Crippen LogP contribution in [0.4, 0.5) is 0 Å². The van der Waals surface area contributed by atoms with Gasteiger partial charge in [0.05, 0.1) is 0 Å². The molecule has 0 spiro atoms. The number of aliphatic hydroxyl groups excluding tert-OH is 1. The van der Waals surface area contributed by atoms with E-state index < -0.39 is 0 Å². The summed E-state index contributed by atoms with van der Waals surface area (Å²) in [5, 5.41) is 13.5. The second kappa shape index (κ2) is 8.92. The number of rotatable bonds is 6. The minimum absolute atomic E-state index is 0.308. The summed E-state index contributed by atoms with van der Waals surface area (Å²) in [5.41, 5.74) is 0. The van der Waals surface area contributed by atoms with E-state index in [1.165, 1.54) is 38.5 Å². The Bertz CT molecular complexity index is 207. The van der Waals surface area contributed by atoms with Crippen LogP contribution in [-0.2, 0) is 0 Å². The van der Waals surface area contributed by atoms with Crippen molar-refractivity contribution in [2.45, 2.75) is 90.8 Å². The van der Waals surface area contributed by atoms with Gasteiger partial charge in [0.25, 0.3) is 0 Å². The van der Waals surface area contributed by atoms with Crippen LogP contribution >= 0.6 is 0 Å². The zero-order valence-electron chi connectivity index (χ0n) is 12.6. The Morgan fingerprint density at radius 3 is 2.39 bits per heavy atom. The summed E-state index contributed by atoms with van der Waals surface area (Å²) < 4.78 is 0. The van der Waals surface area contributed by atoms with Gasteiger partial charge in [0, 0.05) is 6.04 Å². The third-order valence-electron chi connectivity index (χ3n) is 4.60. The van der Waals surface area contributed by atoms with E-state index in [1.54, 1.807) is 0 Å². The normalized spacial score (nSPS) is 29.3. The Morgan fingerprint density at radius 1 is 1.11 bits per heavy atom. The lowest BCUT2D eigenvalue weighted by Crippen LogP contribution is -2.44. The Morgan fingerprint density at radius 2 is 1.78 bits per heavy atom. The van der Waals surface area contributed by atoms with E-state index in [-0.39, 0.29) is 6.23 Å². The van der Waals surface area contributed by atoms with Crippen LogP contribution in [0.25, 0.3) is 0 Å². The molecule has 0 amide bonds. The quantitative estimate of drug-likeness (QED) is 0.701. The zero-order valence-corrected chi connectivity index (χ0v) is 12.6. The summed E-state index contributed by atoms with van der Waals surface area (Å²) in [6.07, 6.45) is 11.0. The Kier molecular flexibility index (Phi) is 7.92. The molecule has 0 saturated heterocycles. The Balaban J connectivity index is 2.53. The maximum absolute atomic E-state index is 9.98. The van der Waals surface area contributed by atoms with Crippen LogP contribution in [0.5, 0.6) is 0 Å². The summed E-state index contributed by atoms with van der Waals surface area (Å²) in [4.78, 5) is 0. The van der Waals surface area contributed by atoms with E-state index in [9.17, 15) is 5.11 Å². The van der Waals surface area contributed by atoms with Gasteiger partial charge < -0.3 is 5.11 Å². The molecule has 4 unspecified atom stereocenters. The van der Waals surface area contributed by atoms with Gasteiger partial charge in [-0.25, -0.2) is 0 Å². The SMILES string of the molecule is CCCC(O)NC(CC)C1CCCCCCC1C. The van der Waals surface area contributed by atoms with Crippen LogP contribution in [0, 0.1) is 11.8 Å². The first-order valence-corrected chi connectivity index (χ1v) is 8.13. The van der Waals surface area contributed by atoms with E-state index in [4.69, 9.17) is 0 Å². The standard InChI is InChI=1S/C16H33NO/c1-4-10-16(18)17-15(5-2)14-12-9-7-6-8-11-13(14)3/h13-18H,4-12H2,1-3H3. The largest absolute Gasteiger partial charge is 0.379 e. The first-order valence-electron chi connectivity index (χ1n) is 8.13. The predicted octanol–water partition coefficient (Wildman–Crippen LogP) is 4.08. The van der Waals surface area contributed by atoms with Crippen molar-refractivity contribution in [3.05, 3.63) is 0 Å². The van der Waals surface area contributed by atoms with E-state index in [0.717, 1.165) is 31.1 Å². The molecule has 0 radical (unpaired) electrons.